The Morgan fingerprint density at radius 2 is 1.95 bits per heavy atom. The van der Waals surface area contributed by atoms with Gasteiger partial charge < -0.3 is 0 Å². The van der Waals surface area contributed by atoms with E-state index >= 15 is 0 Å². The molecule has 0 aliphatic heterocycles. The van der Waals surface area contributed by atoms with Crippen molar-refractivity contribution in [3.05, 3.63) is 29.3 Å². The van der Waals surface area contributed by atoms with E-state index < -0.39 is 29.2 Å². The van der Waals surface area contributed by atoms with Gasteiger partial charge in [-0.1, -0.05) is 13.0 Å². The van der Waals surface area contributed by atoms with Gasteiger partial charge in [0.2, 0.25) is 10.0 Å². The normalized spacial score (nSPS) is 12.4. The van der Waals surface area contributed by atoms with Gasteiger partial charge in [0.05, 0.1) is 22.9 Å². The Morgan fingerprint density at radius 3 is 2.43 bits per heavy atom. The van der Waals surface area contributed by atoms with E-state index in [0.29, 0.717) is 5.56 Å². The zero-order valence-corrected chi connectivity index (χ0v) is 12.4. The van der Waals surface area contributed by atoms with E-state index in [1.165, 1.54) is 32.0 Å². The highest BCUT2D eigenvalue weighted by Gasteiger charge is 2.32. The molecule has 0 bridgehead atoms. The Bertz CT molecular complexity index is 648. The van der Waals surface area contributed by atoms with Crippen LogP contribution in [0.2, 0.25) is 0 Å². The molecule has 0 heterocycles. The molecule has 8 heteroatoms. The SMILES string of the molecule is CCN(CCC(F)(F)F)S(=O)(=O)c1cc(C#N)ccc1C. The summed E-state index contributed by atoms with van der Waals surface area (Å²) in [5, 5.41) is 8.82. The first-order valence-electron chi connectivity index (χ1n) is 6.19. The van der Waals surface area contributed by atoms with Gasteiger partial charge >= 0.3 is 6.18 Å². The van der Waals surface area contributed by atoms with E-state index in [0.717, 1.165) is 4.31 Å². The van der Waals surface area contributed by atoms with Crippen molar-refractivity contribution in [1.82, 2.24) is 4.31 Å². The van der Waals surface area contributed by atoms with Crippen LogP contribution in [0.4, 0.5) is 13.2 Å². The Hall–Kier alpha value is -1.59. The van der Waals surface area contributed by atoms with Gasteiger partial charge in [0.15, 0.2) is 0 Å². The predicted octanol–water partition coefficient (Wildman–Crippen LogP) is 2.83. The van der Waals surface area contributed by atoms with Crippen molar-refractivity contribution < 1.29 is 21.6 Å². The summed E-state index contributed by atoms with van der Waals surface area (Å²) in [6.45, 7) is 2.29. The molecule has 21 heavy (non-hydrogen) atoms. The number of nitriles is 1. The molecule has 0 aromatic heterocycles. The first-order chi connectivity index (χ1) is 9.61. The van der Waals surface area contributed by atoms with E-state index in [-0.39, 0.29) is 17.0 Å². The van der Waals surface area contributed by atoms with Crippen molar-refractivity contribution in [1.29, 1.82) is 5.26 Å². The van der Waals surface area contributed by atoms with Crippen LogP contribution in [0, 0.1) is 18.3 Å². The molecule has 0 saturated carbocycles. The predicted molar refractivity (Wildman–Crippen MR) is 71.0 cm³/mol. The lowest BCUT2D eigenvalue weighted by molar-refractivity contribution is -0.135. The second kappa shape index (κ2) is 6.45. The topological polar surface area (TPSA) is 61.2 Å². The third-order valence-corrected chi connectivity index (χ3v) is 5.05. The summed E-state index contributed by atoms with van der Waals surface area (Å²) < 4.78 is 62.4. The molecule has 0 saturated heterocycles. The van der Waals surface area contributed by atoms with E-state index in [1.54, 1.807) is 0 Å². The summed E-state index contributed by atoms with van der Waals surface area (Å²) >= 11 is 0. The number of halogens is 3. The van der Waals surface area contributed by atoms with Crippen LogP contribution in [-0.2, 0) is 10.0 Å². The molecule has 1 aromatic rings. The maximum atomic E-state index is 12.4. The minimum absolute atomic E-state index is 0.0748. The number of nitrogens with zero attached hydrogens (tertiary/aromatic N) is 2. The number of aryl methyl sites for hydroxylation is 1. The quantitative estimate of drug-likeness (QED) is 0.838. The molecule has 0 aliphatic rings. The average molecular weight is 320 g/mol. The molecule has 0 atom stereocenters. The molecule has 0 aliphatic carbocycles. The molecule has 0 amide bonds. The van der Waals surface area contributed by atoms with Crippen molar-refractivity contribution in [2.45, 2.75) is 31.3 Å². The standard InChI is InChI=1S/C13H15F3N2O2S/c1-3-18(7-6-13(14,15)16)21(19,20)12-8-11(9-17)5-4-10(12)2/h4-5,8H,3,6-7H2,1-2H3. The average Bonchev–Trinajstić information content (AvgIpc) is 2.38. The maximum absolute atomic E-state index is 12.4. The summed E-state index contributed by atoms with van der Waals surface area (Å²) in [6.07, 6.45) is -5.64. The van der Waals surface area contributed by atoms with Crippen LogP contribution in [0.1, 0.15) is 24.5 Å². The zero-order chi connectivity index (χ0) is 16.3. The largest absolute Gasteiger partial charge is 0.390 e. The van der Waals surface area contributed by atoms with Crippen LogP contribution in [0.25, 0.3) is 0 Å². The molecule has 1 rings (SSSR count). The molecular weight excluding hydrogens is 305 g/mol. The molecule has 0 spiro atoms. The van der Waals surface area contributed by atoms with Gasteiger partial charge in [-0.2, -0.15) is 22.7 Å². The number of alkyl halides is 3. The van der Waals surface area contributed by atoms with Crippen LogP contribution < -0.4 is 0 Å². The van der Waals surface area contributed by atoms with Crippen LogP contribution in [0.15, 0.2) is 23.1 Å². The lowest BCUT2D eigenvalue weighted by atomic mass is 10.2. The van der Waals surface area contributed by atoms with Crippen molar-refractivity contribution in [2.75, 3.05) is 13.1 Å². The van der Waals surface area contributed by atoms with Gasteiger partial charge in [-0.3, -0.25) is 0 Å². The highest BCUT2D eigenvalue weighted by molar-refractivity contribution is 7.89. The summed E-state index contributed by atoms with van der Waals surface area (Å²) in [5.74, 6) is 0. The fourth-order valence-corrected chi connectivity index (χ4v) is 3.49. The van der Waals surface area contributed by atoms with Gasteiger partial charge in [0.1, 0.15) is 0 Å². The molecule has 0 unspecified atom stereocenters. The zero-order valence-electron chi connectivity index (χ0n) is 11.6. The first kappa shape index (κ1) is 17.5. The lowest BCUT2D eigenvalue weighted by Crippen LogP contribution is -2.34. The van der Waals surface area contributed by atoms with Crippen LogP contribution in [0.5, 0.6) is 0 Å². The van der Waals surface area contributed by atoms with E-state index in [9.17, 15) is 21.6 Å². The van der Waals surface area contributed by atoms with Crippen molar-refractivity contribution in [3.63, 3.8) is 0 Å². The maximum Gasteiger partial charge on any atom is 0.390 e. The molecule has 0 fully saturated rings. The van der Waals surface area contributed by atoms with Gasteiger partial charge in [-0.15, -0.1) is 0 Å². The number of hydrogen-bond acceptors (Lipinski definition) is 3. The summed E-state index contributed by atoms with van der Waals surface area (Å²) in [5.41, 5.74) is 0.533. The van der Waals surface area contributed by atoms with Crippen molar-refractivity contribution in [2.24, 2.45) is 0 Å². The van der Waals surface area contributed by atoms with Crippen molar-refractivity contribution >= 4 is 10.0 Å². The highest BCUT2D eigenvalue weighted by Crippen LogP contribution is 2.24. The molecular formula is C13H15F3N2O2S. The number of hydrogen-bond donors (Lipinski definition) is 0. The molecule has 0 radical (unpaired) electrons. The Labute approximate surface area is 121 Å². The van der Waals surface area contributed by atoms with Crippen molar-refractivity contribution in [3.8, 4) is 6.07 Å². The second-order valence-electron chi connectivity index (χ2n) is 4.45. The number of rotatable bonds is 5. The van der Waals surface area contributed by atoms with Gasteiger partial charge in [-0.05, 0) is 24.6 Å². The third kappa shape index (κ3) is 4.44. The second-order valence-corrected chi connectivity index (χ2v) is 6.36. The summed E-state index contributed by atoms with van der Waals surface area (Å²) in [4.78, 5) is -0.134. The lowest BCUT2D eigenvalue weighted by Gasteiger charge is -2.22. The Morgan fingerprint density at radius 1 is 1.33 bits per heavy atom. The van der Waals surface area contributed by atoms with E-state index in [1.807, 2.05) is 6.07 Å². The molecule has 1 aromatic carbocycles. The van der Waals surface area contributed by atoms with Gasteiger partial charge in [0, 0.05) is 13.1 Å². The van der Waals surface area contributed by atoms with E-state index in [4.69, 9.17) is 5.26 Å². The Kier molecular flexibility index (Phi) is 5.36. The minimum atomic E-state index is -4.42. The first-order valence-corrected chi connectivity index (χ1v) is 7.63. The fraction of sp³-hybridized carbons (Fsp3) is 0.462. The number of sulfonamides is 1. The van der Waals surface area contributed by atoms with Gasteiger partial charge in [0.25, 0.3) is 0 Å². The summed E-state index contributed by atoms with van der Waals surface area (Å²) in [7, 11) is -4.05. The van der Waals surface area contributed by atoms with Crippen LogP contribution in [0.3, 0.4) is 0 Å². The van der Waals surface area contributed by atoms with Crippen LogP contribution in [-0.4, -0.2) is 32.0 Å². The smallest absolute Gasteiger partial charge is 0.207 e. The minimum Gasteiger partial charge on any atom is -0.207 e. The molecule has 4 nitrogen and oxygen atoms in total. The number of benzene rings is 1. The third-order valence-electron chi connectivity index (χ3n) is 2.93. The molecule has 0 N–H and O–H groups in total. The monoisotopic (exact) mass is 320 g/mol. The van der Waals surface area contributed by atoms with Gasteiger partial charge in [-0.25, -0.2) is 8.42 Å². The molecule has 116 valence electrons. The fourth-order valence-electron chi connectivity index (χ4n) is 1.79. The van der Waals surface area contributed by atoms with E-state index in [2.05, 4.69) is 0 Å². The van der Waals surface area contributed by atoms with Crippen LogP contribution >= 0.6 is 0 Å². The highest BCUT2D eigenvalue weighted by atomic mass is 32.2. The summed E-state index contributed by atoms with van der Waals surface area (Å²) in [6, 6.07) is 5.92. The Balaban J connectivity index is 3.16.